The largest absolute Gasteiger partial charge is 0.389 e. The van der Waals surface area contributed by atoms with Crippen LogP contribution in [-0.2, 0) is 4.74 Å². The lowest BCUT2D eigenvalue weighted by Gasteiger charge is -2.23. The second-order valence-corrected chi connectivity index (χ2v) is 4.40. The zero-order valence-electron chi connectivity index (χ0n) is 10.7. The summed E-state index contributed by atoms with van der Waals surface area (Å²) in [5.74, 6) is -0.367. The van der Waals surface area contributed by atoms with Gasteiger partial charge in [-0.25, -0.2) is 4.39 Å². The number of rotatable bonds is 7. The number of halogens is 1. The van der Waals surface area contributed by atoms with Gasteiger partial charge < -0.3 is 19.8 Å². The summed E-state index contributed by atoms with van der Waals surface area (Å²) in [6, 6.07) is 5.88. The summed E-state index contributed by atoms with van der Waals surface area (Å²) in [5, 5.41) is 19.5. The molecule has 0 amide bonds. The molecule has 1 aromatic rings. The second kappa shape index (κ2) is 7.43. The Morgan fingerprint density at radius 1 is 1.33 bits per heavy atom. The molecule has 2 atom stereocenters. The molecule has 4 nitrogen and oxygen atoms in total. The molecule has 0 fully saturated rings. The van der Waals surface area contributed by atoms with Crippen molar-refractivity contribution in [2.75, 3.05) is 33.9 Å². The van der Waals surface area contributed by atoms with Crippen LogP contribution in [0.25, 0.3) is 0 Å². The quantitative estimate of drug-likeness (QED) is 0.758. The predicted molar refractivity (Wildman–Crippen MR) is 66.7 cm³/mol. The van der Waals surface area contributed by atoms with Crippen molar-refractivity contribution in [3.05, 3.63) is 35.6 Å². The molecule has 0 spiro atoms. The Kier molecular flexibility index (Phi) is 6.21. The first-order valence-electron chi connectivity index (χ1n) is 5.82. The van der Waals surface area contributed by atoms with E-state index in [4.69, 9.17) is 4.74 Å². The maximum absolute atomic E-state index is 13.0. The number of benzene rings is 1. The molecule has 1 aromatic carbocycles. The smallest absolute Gasteiger partial charge is 0.123 e. The van der Waals surface area contributed by atoms with Gasteiger partial charge in [0.1, 0.15) is 5.82 Å². The van der Waals surface area contributed by atoms with Gasteiger partial charge in [0.15, 0.2) is 0 Å². The lowest BCUT2D eigenvalue weighted by Crippen LogP contribution is -2.34. The van der Waals surface area contributed by atoms with E-state index in [1.165, 1.54) is 19.2 Å². The first kappa shape index (κ1) is 15.0. The molecular weight excluding hydrogens is 237 g/mol. The summed E-state index contributed by atoms with van der Waals surface area (Å²) >= 11 is 0. The fourth-order valence-electron chi connectivity index (χ4n) is 1.79. The highest BCUT2D eigenvalue weighted by Crippen LogP contribution is 2.14. The van der Waals surface area contributed by atoms with E-state index in [0.717, 1.165) is 0 Å². The van der Waals surface area contributed by atoms with Crippen LogP contribution < -0.4 is 0 Å². The molecule has 0 aromatic heterocycles. The zero-order chi connectivity index (χ0) is 13.5. The molecule has 18 heavy (non-hydrogen) atoms. The molecule has 1 rings (SSSR count). The van der Waals surface area contributed by atoms with Gasteiger partial charge in [-0.05, 0) is 24.7 Å². The van der Waals surface area contributed by atoms with Gasteiger partial charge in [0.25, 0.3) is 0 Å². The van der Waals surface area contributed by atoms with E-state index in [-0.39, 0.29) is 12.4 Å². The van der Waals surface area contributed by atoms with E-state index in [0.29, 0.717) is 18.7 Å². The van der Waals surface area contributed by atoms with Crippen molar-refractivity contribution in [2.24, 2.45) is 0 Å². The van der Waals surface area contributed by atoms with E-state index < -0.39 is 12.2 Å². The van der Waals surface area contributed by atoms with Gasteiger partial charge in [0.2, 0.25) is 0 Å². The van der Waals surface area contributed by atoms with E-state index in [1.807, 2.05) is 0 Å². The van der Waals surface area contributed by atoms with Gasteiger partial charge in [0.05, 0.1) is 18.8 Å². The van der Waals surface area contributed by atoms with E-state index in [2.05, 4.69) is 0 Å². The molecule has 0 aliphatic rings. The average Bonchev–Trinajstić information content (AvgIpc) is 2.28. The third kappa shape index (κ3) is 5.10. The minimum absolute atomic E-state index is 0.250. The van der Waals surface area contributed by atoms with Crippen LogP contribution >= 0.6 is 0 Å². The number of hydrogen-bond donors (Lipinski definition) is 2. The van der Waals surface area contributed by atoms with Gasteiger partial charge in [-0.1, -0.05) is 12.1 Å². The predicted octanol–water partition coefficient (Wildman–Crippen LogP) is 0.798. The van der Waals surface area contributed by atoms with E-state index in [9.17, 15) is 14.6 Å². The third-order valence-electron chi connectivity index (χ3n) is 2.60. The monoisotopic (exact) mass is 257 g/mol. The Bertz CT molecular complexity index is 362. The molecule has 0 heterocycles. The molecule has 0 saturated carbocycles. The molecule has 0 saturated heterocycles. The average molecular weight is 257 g/mol. The SMILES string of the molecule is COC[C@@H](O)CN(C)C[C@H](O)c1cccc(F)c1. The van der Waals surface area contributed by atoms with Gasteiger partial charge in [0, 0.05) is 20.2 Å². The minimum atomic E-state index is -0.777. The maximum Gasteiger partial charge on any atom is 0.123 e. The summed E-state index contributed by atoms with van der Waals surface area (Å²) < 4.78 is 17.8. The van der Waals surface area contributed by atoms with Crippen LogP contribution in [0.5, 0.6) is 0 Å². The summed E-state index contributed by atoms with van der Waals surface area (Å²) in [5.41, 5.74) is 0.531. The Labute approximate surface area is 107 Å². The van der Waals surface area contributed by atoms with Gasteiger partial charge >= 0.3 is 0 Å². The van der Waals surface area contributed by atoms with E-state index >= 15 is 0 Å². The molecule has 0 aliphatic carbocycles. The number of aliphatic hydroxyl groups excluding tert-OH is 2. The van der Waals surface area contributed by atoms with Crippen molar-refractivity contribution in [3.8, 4) is 0 Å². The van der Waals surface area contributed by atoms with Crippen LogP contribution in [0.1, 0.15) is 11.7 Å². The number of likely N-dealkylation sites (N-methyl/N-ethyl adjacent to an activating group) is 1. The summed E-state index contributed by atoms with van der Waals surface area (Å²) in [6.45, 7) is 0.963. The molecule has 2 N–H and O–H groups in total. The third-order valence-corrected chi connectivity index (χ3v) is 2.60. The summed E-state index contributed by atoms with van der Waals surface area (Å²) in [7, 11) is 3.30. The Morgan fingerprint density at radius 3 is 2.67 bits per heavy atom. The topological polar surface area (TPSA) is 52.9 Å². The number of nitrogens with zero attached hydrogens (tertiary/aromatic N) is 1. The second-order valence-electron chi connectivity index (χ2n) is 4.40. The fourth-order valence-corrected chi connectivity index (χ4v) is 1.79. The van der Waals surface area contributed by atoms with Crippen molar-refractivity contribution in [1.29, 1.82) is 0 Å². The van der Waals surface area contributed by atoms with E-state index in [1.54, 1.807) is 24.1 Å². The lowest BCUT2D eigenvalue weighted by atomic mass is 10.1. The first-order chi connectivity index (χ1) is 8.52. The van der Waals surface area contributed by atoms with Crippen molar-refractivity contribution >= 4 is 0 Å². The van der Waals surface area contributed by atoms with Crippen LogP contribution in [0, 0.1) is 5.82 Å². The molecule has 5 heteroatoms. The highest BCUT2D eigenvalue weighted by Gasteiger charge is 2.14. The van der Waals surface area contributed by atoms with Crippen molar-refractivity contribution in [1.82, 2.24) is 4.90 Å². The van der Waals surface area contributed by atoms with Crippen molar-refractivity contribution in [3.63, 3.8) is 0 Å². The normalized spacial score (nSPS) is 14.8. The van der Waals surface area contributed by atoms with Crippen LogP contribution in [0.3, 0.4) is 0 Å². The molecule has 0 bridgehead atoms. The van der Waals surface area contributed by atoms with Crippen LogP contribution in [0.2, 0.25) is 0 Å². The zero-order valence-corrected chi connectivity index (χ0v) is 10.7. The van der Waals surface area contributed by atoms with Gasteiger partial charge in [-0.2, -0.15) is 0 Å². The van der Waals surface area contributed by atoms with Gasteiger partial charge in [-0.3, -0.25) is 0 Å². The molecule has 0 aliphatic heterocycles. The molecular formula is C13H20FNO3. The summed E-state index contributed by atoms with van der Waals surface area (Å²) in [4.78, 5) is 1.78. The maximum atomic E-state index is 13.0. The van der Waals surface area contributed by atoms with Crippen molar-refractivity contribution in [2.45, 2.75) is 12.2 Å². The van der Waals surface area contributed by atoms with Crippen LogP contribution in [-0.4, -0.2) is 55.1 Å². The number of aliphatic hydroxyl groups is 2. The Balaban J connectivity index is 2.46. The molecule has 0 radical (unpaired) electrons. The highest BCUT2D eigenvalue weighted by atomic mass is 19.1. The van der Waals surface area contributed by atoms with Crippen LogP contribution in [0.4, 0.5) is 4.39 Å². The minimum Gasteiger partial charge on any atom is -0.389 e. The number of methoxy groups -OCH3 is 1. The standard InChI is InChI=1S/C13H20FNO3/c1-15(7-12(16)9-18-2)8-13(17)10-4-3-5-11(14)6-10/h3-6,12-13,16-17H,7-9H2,1-2H3/t12-,13-/m0/s1. The number of ether oxygens (including phenoxy) is 1. The van der Waals surface area contributed by atoms with Crippen LogP contribution in [0.15, 0.2) is 24.3 Å². The fraction of sp³-hybridized carbons (Fsp3) is 0.538. The lowest BCUT2D eigenvalue weighted by molar-refractivity contribution is 0.0318. The molecule has 102 valence electrons. The highest BCUT2D eigenvalue weighted by molar-refractivity contribution is 5.18. The summed E-state index contributed by atoms with van der Waals surface area (Å²) in [6.07, 6.45) is -1.37. The van der Waals surface area contributed by atoms with Gasteiger partial charge in [-0.15, -0.1) is 0 Å². The Hall–Kier alpha value is -1.01. The first-order valence-corrected chi connectivity index (χ1v) is 5.82. The molecule has 0 unspecified atom stereocenters. The van der Waals surface area contributed by atoms with Crippen molar-refractivity contribution < 1.29 is 19.3 Å². The number of hydrogen-bond acceptors (Lipinski definition) is 4. The Morgan fingerprint density at radius 2 is 2.06 bits per heavy atom.